The largest absolute Gasteiger partial charge is 0.416 e. The smallest absolute Gasteiger partial charge is 0.200 e. The Bertz CT molecular complexity index is 593. The molecule has 0 radical (unpaired) electrons. The molecule has 0 amide bonds. The standard InChI is InChI=1S/C20H33NOSi/c1-15(2)23(16(3)4,17(5)6)22-13-7-8-18-9-10-19-11-12-21-20(19)14-18/h9-12,14-17,21H,7-8,13H2,1-6H3. The lowest BCUT2D eigenvalue weighted by Gasteiger charge is -2.42. The first-order valence-electron chi connectivity index (χ1n) is 9.08. The first-order valence-corrected chi connectivity index (χ1v) is 11.2. The van der Waals surface area contributed by atoms with Crippen molar-refractivity contribution >= 4 is 19.2 Å². The Hall–Kier alpha value is -1.06. The number of aromatic amines is 1. The minimum Gasteiger partial charge on any atom is -0.416 e. The molecule has 0 saturated heterocycles. The van der Waals surface area contributed by atoms with Crippen LogP contribution in [-0.2, 0) is 10.8 Å². The van der Waals surface area contributed by atoms with E-state index in [-0.39, 0.29) is 0 Å². The summed E-state index contributed by atoms with van der Waals surface area (Å²) in [5.41, 5.74) is 4.63. The molecule has 1 heterocycles. The second-order valence-electron chi connectivity index (χ2n) is 7.67. The van der Waals surface area contributed by atoms with Crippen LogP contribution in [0.5, 0.6) is 0 Å². The Balaban J connectivity index is 1.94. The Morgan fingerprint density at radius 1 is 0.957 bits per heavy atom. The third-order valence-electron chi connectivity index (χ3n) is 5.29. The second kappa shape index (κ2) is 7.67. The zero-order chi connectivity index (χ0) is 17.0. The van der Waals surface area contributed by atoms with Gasteiger partial charge in [0.15, 0.2) is 8.32 Å². The maximum absolute atomic E-state index is 6.64. The minimum atomic E-state index is -1.70. The maximum Gasteiger partial charge on any atom is 0.200 e. The van der Waals surface area contributed by atoms with Crippen LogP contribution in [0.3, 0.4) is 0 Å². The first-order chi connectivity index (χ1) is 10.9. The van der Waals surface area contributed by atoms with E-state index in [1.54, 1.807) is 0 Å². The number of rotatable bonds is 8. The second-order valence-corrected chi connectivity index (χ2v) is 13.1. The minimum absolute atomic E-state index is 0.665. The lowest BCUT2D eigenvalue weighted by atomic mass is 10.1. The third kappa shape index (κ3) is 3.89. The monoisotopic (exact) mass is 331 g/mol. The van der Waals surface area contributed by atoms with Crippen LogP contribution in [0.2, 0.25) is 16.6 Å². The van der Waals surface area contributed by atoms with Gasteiger partial charge in [-0.3, -0.25) is 0 Å². The van der Waals surface area contributed by atoms with Crippen molar-refractivity contribution in [1.29, 1.82) is 0 Å². The molecule has 0 unspecified atom stereocenters. The van der Waals surface area contributed by atoms with Crippen LogP contribution in [0, 0.1) is 0 Å². The first kappa shape index (κ1) is 18.3. The number of nitrogens with one attached hydrogen (secondary N) is 1. The summed E-state index contributed by atoms with van der Waals surface area (Å²) in [5.74, 6) is 0. The number of hydrogen-bond acceptors (Lipinski definition) is 1. The maximum atomic E-state index is 6.64. The van der Waals surface area contributed by atoms with E-state index in [2.05, 4.69) is 70.8 Å². The molecule has 1 aromatic heterocycles. The van der Waals surface area contributed by atoms with Crippen LogP contribution >= 0.6 is 0 Å². The molecule has 0 saturated carbocycles. The molecule has 3 heteroatoms. The fraction of sp³-hybridized carbons (Fsp3) is 0.600. The van der Waals surface area contributed by atoms with E-state index in [1.165, 1.54) is 16.5 Å². The highest BCUT2D eigenvalue weighted by molar-refractivity contribution is 6.77. The summed E-state index contributed by atoms with van der Waals surface area (Å²) in [5, 5.41) is 1.29. The van der Waals surface area contributed by atoms with Crippen LogP contribution in [0.4, 0.5) is 0 Å². The van der Waals surface area contributed by atoms with Crippen LogP contribution in [-0.4, -0.2) is 19.9 Å². The van der Waals surface area contributed by atoms with Crippen LogP contribution in [0.25, 0.3) is 10.9 Å². The Morgan fingerprint density at radius 3 is 2.22 bits per heavy atom. The van der Waals surface area contributed by atoms with E-state index in [1.807, 2.05) is 6.20 Å². The fourth-order valence-electron chi connectivity index (χ4n) is 4.28. The third-order valence-corrected chi connectivity index (χ3v) is 11.4. The molecule has 0 fully saturated rings. The Morgan fingerprint density at radius 2 is 1.61 bits per heavy atom. The number of hydrogen-bond donors (Lipinski definition) is 1. The quantitative estimate of drug-likeness (QED) is 0.446. The van der Waals surface area contributed by atoms with Gasteiger partial charge >= 0.3 is 0 Å². The van der Waals surface area contributed by atoms with Crippen molar-refractivity contribution in [2.45, 2.75) is 71.0 Å². The van der Waals surface area contributed by atoms with Gasteiger partial charge in [-0.25, -0.2) is 0 Å². The van der Waals surface area contributed by atoms with Crippen LogP contribution in [0.1, 0.15) is 53.5 Å². The van der Waals surface area contributed by atoms with E-state index in [4.69, 9.17) is 4.43 Å². The molecule has 0 atom stereocenters. The predicted octanol–water partition coefficient (Wildman–Crippen LogP) is 6.29. The Kier molecular flexibility index (Phi) is 6.10. The van der Waals surface area contributed by atoms with Gasteiger partial charge in [0, 0.05) is 18.3 Å². The van der Waals surface area contributed by atoms with Gasteiger partial charge in [-0.2, -0.15) is 0 Å². The average Bonchev–Trinajstić information content (AvgIpc) is 2.93. The van der Waals surface area contributed by atoms with Crippen LogP contribution < -0.4 is 0 Å². The van der Waals surface area contributed by atoms with Gasteiger partial charge in [-0.1, -0.05) is 53.7 Å². The lowest BCUT2D eigenvalue weighted by molar-refractivity contribution is 0.272. The zero-order valence-corrected chi connectivity index (χ0v) is 16.6. The zero-order valence-electron chi connectivity index (χ0n) is 15.6. The van der Waals surface area contributed by atoms with E-state index >= 15 is 0 Å². The van der Waals surface area contributed by atoms with Gasteiger partial charge in [0.1, 0.15) is 0 Å². The highest BCUT2D eigenvalue weighted by Crippen LogP contribution is 2.42. The number of benzene rings is 1. The summed E-state index contributed by atoms with van der Waals surface area (Å²) in [4.78, 5) is 3.30. The number of aryl methyl sites for hydroxylation is 1. The van der Waals surface area contributed by atoms with Crippen molar-refractivity contribution in [2.75, 3.05) is 6.61 Å². The molecule has 1 aromatic carbocycles. The van der Waals surface area contributed by atoms with Crippen molar-refractivity contribution < 1.29 is 4.43 Å². The topological polar surface area (TPSA) is 25.0 Å². The van der Waals surface area contributed by atoms with Crippen molar-refractivity contribution in [3.05, 3.63) is 36.0 Å². The summed E-state index contributed by atoms with van der Waals surface area (Å²) in [6.45, 7) is 15.0. The summed E-state index contributed by atoms with van der Waals surface area (Å²) < 4.78 is 6.64. The highest BCUT2D eigenvalue weighted by atomic mass is 28.4. The molecule has 0 bridgehead atoms. The summed E-state index contributed by atoms with van der Waals surface area (Å²) in [6, 6.07) is 8.84. The predicted molar refractivity (Wildman–Crippen MR) is 104 cm³/mol. The van der Waals surface area contributed by atoms with Gasteiger partial charge in [0.05, 0.1) is 0 Å². The molecule has 2 aromatic rings. The van der Waals surface area contributed by atoms with E-state index < -0.39 is 8.32 Å². The normalized spacial score (nSPS) is 12.9. The highest BCUT2D eigenvalue weighted by Gasteiger charge is 2.44. The summed E-state index contributed by atoms with van der Waals surface area (Å²) >= 11 is 0. The molecule has 0 aliphatic rings. The molecule has 0 spiro atoms. The fourth-order valence-corrected chi connectivity index (χ4v) is 9.77. The van der Waals surface area contributed by atoms with Gasteiger partial charge in [-0.15, -0.1) is 0 Å². The van der Waals surface area contributed by atoms with E-state index in [9.17, 15) is 0 Å². The summed E-state index contributed by atoms with van der Waals surface area (Å²) in [6.07, 6.45) is 4.20. The van der Waals surface area contributed by atoms with Crippen LogP contribution in [0.15, 0.2) is 30.5 Å². The van der Waals surface area contributed by atoms with E-state index in [0.29, 0.717) is 16.6 Å². The number of H-pyrrole nitrogens is 1. The van der Waals surface area contributed by atoms with Crippen molar-refractivity contribution in [3.63, 3.8) is 0 Å². The molecule has 23 heavy (non-hydrogen) atoms. The van der Waals surface area contributed by atoms with Crippen molar-refractivity contribution in [2.24, 2.45) is 0 Å². The lowest BCUT2D eigenvalue weighted by Crippen LogP contribution is -2.48. The molecule has 1 N–H and O–H groups in total. The molecule has 0 aliphatic carbocycles. The molecule has 0 aliphatic heterocycles. The Labute approximate surface area is 142 Å². The molecule has 128 valence electrons. The average molecular weight is 332 g/mol. The molecule has 2 nitrogen and oxygen atoms in total. The van der Waals surface area contributed by atoms with Crippen molar-refractivity contribution in [1.82, 2.24) is 4.98 Å². The van der Waals surface area contributed by atoms with E-state index in [0.717, 1.165) is 19.4 Å². The SMILES string of the molecule is CC(C)[Si](OCCCc1ccc2cc[nH]c2c1)(C(C)C)C(C)C. The number of aromatic nitrogens is 1. The van der Waals surface area contributed by atoms with Gasteiger partial charge in [-0.05, 0) is 52.5 Å². The molecular formula is C20H33NOSi. The molecule has 2 rings (SSSR count). The summed E-state index contributed by atoms with van der Waals surface area (Å²) in [7, 11) is -1.70. The van der Waals surface area contributed by atoms with Gasteiger partial charge in [0.2, 0.25) is 0 Å². The van der Waals surface area contributed by atoms with Gasteiger partial charge < -0.3 is 9.41 Å². The van der Waals surface area contributed by atoms with Crippen molar-refractivity contribution in [3.8, 4) is 0 Å². The number of fused-ring (bicyclic) bond motifs is 1. The van der Waals surface area contributed by atoms with Gasteiger partial charge in [0.25, 0.3) is 0 Å². The molecular weight excluding hydrogens is 298 g/mol.